The molecule has 0 aliphatic rings. The average Bonchev–Trinajstić information content (AvgIpc) is 2.18. The zero-order valence-electron chi connectivity index (χ0n) is 8.26. The fourth-order valence-electron chi connectivity index (χ4n) is 1.65. The zero-order chi connectivity index (χ0) is 9.68. The molecule has 0 fully saturated rings. The van der Waals surface area contributed by atoms with Gasteiger partial charge in [0, 0.05) is 0 Å². The van der Waals surface area contributed by atoms with Crippen molar-refractivity contribution in [3.63, 3.8) is 0 Å². The van der Waals surface area contributed by atoms with Gasteiger partial charge in [0.2, 0.25) is 5.14 Å². The summed E-state index contributed by atoms with van der Waals surface area (Å²) in [4.78, 5) is 0. The smallest absolute Gasteiger partial charge is 0.151 e. The summed E-state index contributed by atoms with van der Waals surface area (Å²) < 4.78 is 0. The van der Waals surface area contributed by atoms with E-state index in [1.807, 2.05) is 0 Å². The Morgan fingerprint density at radius 3 is 2.69 bits per heavy atom. The summed E-state index contributed by atoms with van der Waals surface area (Å²) in [5.74, 6) is 0.687. The second-order valence-corrected chi connectivity index (χ2v) is 4.05. The third kappa shape index (κ3) is 3.01. The first-order valence-electron chi connectivity index (χ1n) is 4.82. The van der Waals surface area contributed by atoms with E-state index in [1.54, 1.807) is 0 Å². The van der Waals surface area contributed by atoms with Gasteiger partial charge in [0.15, 0.2) is 0 Å². The number of benzene rings is 1. The maximum Gasteiger partial charge on any atom is 0.238 e. The molecule has 0 saturated carbocycles. The van der Waals surface area contributed by atoms with E-state index in [-0.39, 0.29) is 0 Å². The van der Waals surface area contributed by atoms with E-state index in [1.165, 1.54) is 23.9 Å². The Labute approximate surface area is 95.2 Å². The van der Waals surface area contributed by atoms with E-state index in [4.69, 9.17) is 0 Å². The van der Waals surface area contributed by atoms with Crippen molar-refractivity contribution >= 4 is 33.0 Å². The van der Waals surface area contributed by atoms with Crippen LogP contribution in [0.3, 0.4) is 0 Å². The highest BCUT2D eigenvalue weighted by molar-refractivity contribution is 14.1. The van der Waals surface area contributed by atoms with Crippen LogP contribution in [0.4, 0.5) is 0 Å². The SMILES string of the molecule is CCCC(C)c1ccccc1[B]I. The van der Waals surface area contributed by atoms with Crippen molar-refractivity contribution in [3.8, 4) is 0 Å². The fraction of sp³-hybridized carbons (Fsp3) is 0.455. The standard InChI is InChI=1S/C11H15BI/c1-3-6-9(2)10-7-4-5-8-11(10)12-13/h4-5,7-9H,3,6H2,1-2H3. The molecule has 69 valence electrons. The second kappa shape index (κ2) is 5.68. The molecule has 0 aliphatic heterocycles. The van der Waals surface area contributed by atoms with Gasteiger partial charge < -0.3 is 0 Å². The Kier molecular flexibility index (Phi) is 4.85. The molecule has 0 aromatic heterocycles. The molecule has 1 radical (unpaired) electrons. The van der Waals surface area contributed by atoms with Crippen LogP contribution < -0.4 is 5.46 Å². The normalized spacial score (nSPS) is 12.5. The average molecular weight is 285 g/mol. The van der Waals surface area contributed by atoms with Gasteiger partial charge in [-0.1, -0.05) is 55.6 Å². The van der Waals surface area contributed by atoms with Crippen LogP contribution in [0.5, 0.6) is 0 Å². The molecule has 0 heterocycles. The Bertz CT molecular complexity index is 260. The number of hydrogen-bond acceptors (Lipinski definition) is 0. The number of halogens is 1. The molecule has 0 aliphatic carbocycles. The minimum absolute atomic E-state index is 0.687. The molecule has 1 rings (SSSR count). The van der Waals surface area contributed by atoms with Crippen LogP contribution in [0.25, 0.3) is 0 Å². The monoisotopic (exact) mass is 285 g/mol. The van der Waals surface area contributed by atoms with Gasteiger partial charge in [0.25, 0.3) is 0 Å². The van der Waals surface area contributed by atoms with Crippen LogP contribution in [-0.2, 0) is 0 Å². The van der Waals surface area contributed by atoms with Crippen molar-refractivity contribution in [2.45, 2.75) is 32.6 Å². The van der Waals surface area contributed by atoms with E-state index in [2.05, 4.69) is 65.6 Å². The molecule has 0 nitrogen and oxygen atoms in total. The minimum Gasteiger partial charge on any atom is -0.151 e. The van der Waals surface area contributed by atoms with Gasteiger partial charge in [-0.15, -0.1) is 0 Å². The summed E-state index contributed by atoms with van der Waals surface area (Å²) in [5.41, 5.74) is 2.86. The molecule has 2 heteroatoms. The number of rotatable bonds is 4. The predicted molar refractivity (Wildman–Crippen MR) is 69.2 cm³/mol. The topological polar surface area (TPSA) is 0 Å². The van der Waals surface area contributed by atoms with Crippen molar-refractivity contribution in [2.24, 2.45) is 0 Å². The molecule has 1 aromatic carbocycles. The zero-order valence-corrected chi connectivity index (χ0v) is 10.4. The molecule has 0 amide bonds. The molecule has 1 unspecified atom stereocenters. The Morgan fingerprint density at radius 2 is 2.08 bits per heavy atom. The van der Waals surface area contributed by atoms with Gasteiger partial charge in [-0.05, 0) is 12.3 Å². The summed E-state index contributed by atoms with van der Waals surface area (Å²) in [6.45, 7) is 4.55. The minimum atomic E-state index is 0.687. The van der Waals surface area contributed by atoms with E-state index >= 15 is 0 Å². The van der Waals surface area contributed by atoms with Gasteiger partial charge in [0.1, 0.15) is 0 Å². The lowest BCUT2D eigenvalue weighted by Gasteiger charge is -2.14. The van der Waals surface area contributed by atoms with Crippen LogP contribution in [0.15, 0.2) is 24.3 Å². The van der Waals surface area contributed by atoms with Crippen LogP contribution in [0.1, 0.15) is 38.2 Å². The lowest BCUT2D eigenvalue weighted by atomic mass is 9.83. The van der Waals surface area contributed by atoms with E-state index < -0.39 is 0 Å². The first-order valence-corrected chi connectivity index (χ1v) is 6.06. The van der Waals surface area contributed by atoms with Gasteiger partial charge in [-0.3, -0.25) is 0 Å². The van der Waals surface area contributed by atoms with Crippen LogP contribution in [0.2, 0.25) is 0 Å². The largest absolute Gasteiger partial charge is 0.238 e. The second-order valence-electron chi connectivity index (χ2n) is 3.43. The summed E-state index contributed by atoms with van der Waals surface area (Å²) in [6.07, 6.45) is 2.54. The highest BCUT2D eigenvalue weighted by Gasteiger charge is 2.08. The molecule has 1 atom stereocenters. The lowest BCUT2D eigenvalue weighted by Crippen LogP contribution is -2.16. The van der Waals surface area contributed by atoms with Crippen molar-refractivity contribution in [1.29, 1.82) is 0 Å². The van der Waals surface area contributed by atoms with Gasteiger partial charge in [-0.25, -0.2) is 0 Å². The molecule has 0 bridgehead atoms. The van der Waals surface area contributed by atoms with E-state index in [0.717, 1.165) is 0 Å². The van der Waals surface area contributed by atoms with Crippen LogP contribution in [0, 0.1) is 0 Å². The first-order chi connectivity index (χ1) is 6.29. The van der Waals surface area contributed by atoms with Gasteiger partial charge >= 0.3 is 0 Å². The predicted octanol–water partition coefficient (Wildman–Crippen LogP) is 3.27. The lowest BCUT2D eigenvalue weighted by molar-refractivity contribution is 0.668. The highest BCUT2D eigenvalue weighted by Crippen LogP contribution is 2.18. The highest BCUT2D eigenvalue weighted by atomic mass is 127. The van der Waals surface area contributed by atoms with Crippen molar-refractivity contribution < 1.29 is 0 Å². The van der Waals surface area contributed by atoms with Gasteiger partial charge in [0.05, 0.1) is 0 Å². The fourth-order valence-corrected chi connectivity index (χ4v) is 2.21. The van der Waals surface area contributed by atoms with E-state index in [9.17, 15) is 0 Å². The third-order valence-electron chi connectivity index (χ3n) is 2.37. The summed E-state index contributed by atoms with van der Waals surface area (Å²) in [7, 11) is 0. The Hall–Kier alpha value is 0.0149. The quantitative estimate of drug-likeness (QED) is 0.588. The first kappa shape index (κ1) is 11.1. The summed E-state index contributed by atoms with van der Waals surface area (Å²) >= 11 is 2.32. The maximum absolute atomic E-state index is 2.32. The molecular weight excluding hydrogens is 270 g/mol. The molecule has 0 spiro atoms. The van der Waals surface area contributed by atoms with Crippen molar-refractivity contribution in [2.75, 3.05) is 0 Å². The molecular formula is C11H15BI. The van der Waals surface area contributed by atoms with Crippen molar-refractivity contribution in [1.82, 2.24) is 0 Å². The molecule has 0 N–H and O–H groups in total. The molecule has 13 heavy (non-hydrogen) atoms. The van der Waals surface area contributed by atoms with Gasteiger partial charge in [-0.2, -0.15) is 22.4 Å². The Balaban J connectivity index is 2.85. The van der Waals surface area contributed by atoms with Crippen LogP contribution in [-0.4, -0.2) is 5.14 Å². The molecule has 0 saturated heterocycles. The summed E-state index contributed by atoms with van der Waals surface area (Å²) in [5, 5.41) is 2.17. The van der Waals surface area contributed by atoms with E-state index in [0.29, 0.717) is 5.92 Å². The molecule has 1 aromatic rings. The third-order valence-corrected chi connectivity index (χ3v) is 3.04. The van der Waals surface area contributed by atoms with Crippen LogP contribution >= 0.6 is 22.4 Å². The number of hydrogen-bond donors (Lipinski definition) is 0. The summed E-state index contributed by atoms with van der Waals surface area (Å²) in [6, 6.07) is 8.66. The Morgan fingerprint density at radius 1 is 1.38 bits per heavy atom. The van der Waals surface area contributed by atoms with Crippen molar-refractivity contribution in [3.05, 3.63) is 29.8 Å². The maximum atomic E-state index is 2.32.